The Hall–Kier alpha value is -1.40. The summed E-state index contributed by atoms with van der Waals surface area (Å²) in [7, 11) is 0. The van der Waals surface area contributed by atoms with Crippen molar-refractivity contribution in [3.63, 3.8) is 0 Å². The Labute approximate surface area is 119 Å². The predicted octanol–water partition coefficient (Wildman–Crippen LogP) is 1.39. The number of hydrogen-bond donors (Lipinski definition) is 2. The lowest BCUT2D eigenvalue weighted by atomic mass is 9.94. The quantitative estimate of drug-likeness (QED) is 0.769. The molecule has 3 N–H and O–H groups in total. The molecule has 0 atom stereocenters. The third-order valence-corrected chi connectivity index (χ3v) is 3.53. The normalized spacial score (nSPS) is 22.7. The predicted molar refractivity (Wildman–Crippen MR) is 74.4 cm³/mol. The van der Waals surface area contributed by atoms with Gasteiger partial charge in [0.1, 0.15) is 0 Å². The van der Waals surface area contributed by atoms with E-state index < -0.39 is 0 Å². The zero-order chi connectivity index (χ0) is 14.4. The second kappa shape index (κ2) is 7.40. The number of aryl methyl sites for hydroxylation is 1. The molecule has 2 rings (SSSR count). The van der Waals surface area contributed by atoms with Crippen LogP contribution in [0.2, 0.25) is 0 Å². The van der Waals surface area contributed by atoms with Crippen LogP contribution in [0, 0.1) is 6.92 Å². The van der Waals surface area contributed by atoms with Crippen molar-refractivity contribution < 1.29 is 14.1 Å². The van der Waals surface area contributed by atoms with Gasteiger partial charge in [-0.3, -0.25) is 4.79 Å². The van der Waals surface area contributed by atoms with Crippen LogP contribution in [0.4, 0.5) is 0 Å². The molecule has 20 heavy (non-hydrogen) atoms. The summed E-state index contributed by atoms with van der Waals surface area (Å²) in [6, 6.07) is 1.97. The van der Waals surface area contributed by atoms with Crippen molar-refractivity contribution in [2.45, 2.75) is 51.2 Å². The van der Waals surface area contributed by atoms with Gasteiger partial charge in [0.05, 0.1) is 11.8 Å². The van der Waals surface area contributed by atoms with Crippen LogP contribution in [-0.4, -0.2) is 36.4 Å². The molecule has 6 nitrogen and oxygen atoms in total. The first kappa shape index (κ1) is 15.0. The fraction of sp³-hybridized carbons (Fsp3) is 0.714. The fourth-order valence-electron chi connectivity index (χ4n) is 2.34. The fourth-order valence-corrected chi connectivity index (χ4v) is 2.34. The average molecular weight is 281 g/mol. The van der Waals surface area contributed by atoms with Gasteiger partial charge >= 0.3 is 0 Å². The molecule has 1 fully saturated rings. The van der Waals surface area contributed by atoms with Gasteiger partial charge in [-0.15, -0.1) is 0 Å². The van der Waals surface area contributed by atoms with E-state index in [1.54, 1.807) is 13.0 Å². The van der Waals surface area contributed by atoms with Gasteiger partial charge in [0.25, 0.3) is 5.91 Å². The molecule has 1 amide bonds. The van der Waals surface area contributed by atoms with Gasteiger partial charge in [-0.1, -0.05) is 5.16 Å². The van der Waals surface area contributed by atoms with Crippen LogP contribution in [0.5, 0.6) is 0 Å². The van der Waals surface area contributed by atoms with E-state index in [2.05, 4.69) is 10.5 Å². The van der Waals surface area contributed by atoms with Gasteiger partial charge in [0, 0.05) is 25.3 Å². The second-order valence-corrected chi connectivity index (χ2v) is 5.35. The van der Waals surface area contributed by atoms with Gasteiger partial charge in [-0.05, 0) is 39.0 Å². The number of nitrogens with zero attached hydrogens (tertiary/aromatic N) is 1. The minimum atomic E-state index is -0.228. The minimum absolute atomic E-state index is 0.228. The third kappa shape index (κ3) is 4.61. The first-order chi connectivity index (χ1) is 9.65. The Bertz CT molecular complexity index is 425. The molecular weight excluding hydrogens is 258 g/mol. The number of carbonyl (C=O) groups excluding carboxylic acids is 1. The molecule has 1 saturated carbocycles. The summed E-state index contributed by atoms with van der Waals surface area (Å²) in [4.78, 5) is 11.7. The number of ether oxygens (including phenoxy) is 1. The van der Waals surface area contributed by atoms with Crippen molar-refractivity contribution >= 4 is 5.91 Å². The summed E-state index contributed by atoms with van der Waals surface area (Å²) in [5, 5.41) is 6.46. The maximum absolute atomic E-state index is 11.7. The van der Waals surface area contributed by atoms with E-state index in [1.807, 2.05) is 0 Å². The Kier molecular flexibility index (Phi) is 5.55. The number of carbonyl (C=O) groups is 1. The van der Waals surface area contributed by atoms with Gasteiger partial charge in [0.2, 0.25) is 5.76 Å². The molecule has 0 saturated heterocycles. The largest absolute Gasteiger partial charge is 0.378 e. The average Bonchev–Trinajstić information content (AvgIpc) is 2.87. The van der Waals surface area contributed by atoms with E-state index >= 15 is 0 Å². The Morgan fingerprint density at radius 2 is 2.25 bits per heavy atom. The van der Waals surface area contributed by atoms with Gasteiger partial charge in [0.15, 0.2) is 0 Å². The van der Waals surface area contributed by atoms with E-state index in [4.69, 9.17) is 15.0 Å². The van der Waals surface area contributed by atoms with E-state index in [0.29, 0.717) is 31.0 Å². The number of nitrogens with one attached hydrogen (secondary N) is 1. The maximum atomic E-state index is 11.7. The highest BCUT2D eigenvalue weighted by molar-refractivity contribution is 5.91. The first-order valence-electron chi connectivity index (χ1n) is 7.24. The van der Waals surface area contributed by atoms with Crippen LogP contribution in [0.1, 0.15) is 48.4 Å². The second-order valence-electron chi connectivity index (χ2n) is 5.35. The molecule has 1 aliphatic carbocycles. The van der Waals surface area contributed by atoms with Crippen molar-refractivity contribution in [2.75, 3.05) is 13.2 Å². The summed E-state index contributed by atoms with van der Waals surface area (Å²) in [5.41, 5.74) is 6.55. The number of nitrogens with two attached hydrogens (primary N) is 1. The van der Waals surface area contributed by atoms with Crippen molar-refractivity contribution in [3.8, 4) is 0 Å². The highest BCUT2D eigenvalue weighted by Crippen LogP contribution is 2.19. The van der Waals surface area contributed by atoms with E-state index in [1.165, 1.54) is 0 Å². The summed E-state index contributed by atoms with van der Waals surface area (Å²) in [6.07, 6.45) is 5.32. The molecule has 0 aromatic carbocycles. The van der Waals surface area contributed by atoms with Crippen molar-refractivity contribution in [1.82, 2.24) is 10.5 Å². The number of amides is 1. The van der Waals surface area contributed by atoms with Crippen molar-refractivity contribution in [3.05, 3.63) is 17.5 Å². The van der Waals surface area contributed by atoms with Crippen LogP contribution in [0.15, 0.2) is 10.6 Å². The molecule has 0 bridgehead atoms. The molecule has 1 aromatic heterocycles. The van der Waals surface area contributed by atoms with Crippen molar-refractivity contribution in [2.24, 2.45) is 5.73 Å². The lowest BCUT2D eigenvalue weighted by Gasteiger charge is -2.26. The molecule has 0 aliphatic heterocycles. The summed E-state index contributed by atoms with van der Waals surface area (Å²) < 4.78 is 10.7. The van der Waals surface area contributed by atoms with Crippen LogP contribution in [0.3, 0.4) is 0 Å². The molecule has 1 heterocycles. The number of rotatable bonds is 6. The molecule has 1 aromatic rings. The van der Waals surface area contributed by atoms with E-state index in [-0.39, 0.29) is 11.7 Å². The van der Waals surface area contributed by atoms with Crippen LogP contribution in [-0.2, 0) is 4.74 Å². The summed E-state index contributed by atoms with van der Waals surface area (Å²) >= 11 is 0. The molecular formula is C14H23N3O3. The highest BCUT2D eigenvalue weighted by Gasteiger charge is 2.18. The first-order valence-corrected chi connectivity index (χ1v) is 7.24. The Balaban J connectivity index is 1.54. The summed E-state index contributed by atoms with van der Waals surface area (Å²) in [5.74, 6) is 0.0268. The number of aromatic nitrogens is 1. The van der Waals surface area contributed by atoms with Crippen LogP contribution < -0.4 is 11.1 Å². The van der Waals surface area contributed by atoms with Gasteiger partial charge < -0.3 is 20.3 Å². The monoisotopic (exact) mass is 281 g/mol. The SMILES string of the molecule is Cc1cc(C(=O)NCCCOC2CCC(N)CC2)on1. The van der Waals surface area contributed by atoms with E-state index in [0.717, 1.165) is 32.1 Å². The topological polar surface area (TPSA) is 90.4 Å². The van der Waals surface area contributed by atoms with Crippen LogP contribution >= 0.6 is 0 Å². The molecule has 1 aliphatic rings. The Morgan fingerprint density at radius 3 is 2.90 bits per heavy atom. The lowest BCUT2D eigenvalue weighted by molar-refractivity contribution is 0.0240. The maximum Gasteiger partial charge on any atom is 0.289 e. The highest BCUT2D eigenvalue weighted by atomic mass is 16.5. The molecule has 112 valence electrons. The molecule has 6 heteroatoms. The zero-order valence-corrected chi connectivity index (χ0v) is 11.9. The van der Waals surface area contributed by atoms with Gasteiger partial charge in [-0.2, -0.15) is 0 Å². The lowest BCUT2D eigenvalue weighted by Crippen LogP contribution is -2.31. The van der Waals surface area contributed by atoms with Gasteiger partial charge in [-0.25, -0.2) is 0 Å². The van der Waals surface area contributed by atoms with E-state index in [9.17, 15) is 4.79 Å². The molecule has 0 radical (unpaired) electrons. The zero-order valence-electron chi connectivity index (χ0n) is 11.9. The Morgan fingerprint density at radius 1 is 1.50 bits per heavy atom. The standard InChI is InChI=1S/C14H23N3O3/c1-10-9-13(20-17-10)14(18)16-7-2-8-19-12-5-3-11(15)4-6-12/h9,11-12H,2-8,15H2,1H3,(H,16,18). The third-order valence-electron chi connectivity index (χ3n) is 3.53. The number of hydrogen-bond acceptors (Lipinski definition) is 5. The molecule has 0 unspecified atom stereocenters. The summed E-state index contributed by atoms with van der Waals surface area (Å²) in [6.45, 7) is 3.02. The molecule has 0 spiro atoms. The smallest absolute Gasteiger partial charge is 0.289 e. The minimum Gasteiger partial charge on any atom is -0.378 e. The van der Waals surface area contributed by atoms with Crippen molar-refractivity contribution in [1.29, 1.82) is 0 Å². The van der Waals surface area contributed by atoms with Crippen LogP contribution in [0.25, 0.3) is 0 Å².